The minimum absolute atomic E-state index is 0.392. The first-order chi connectivity index (χ1) is 8.65. The molecule has 1 unspecified atom stereocenters. The van der Waals surface area contributed by atoms with E-state index in [0.717, 1.165) is 23.4 Å². The van der Waals surface area contributed by atoms with Gasteiger partial charge in [-0.25, -0.2) is 0 Å². The smallest absolute Gasteiger partial charge is 0.0409 e. The maximum absolute atomic E-state index is 6.03. The summed E-state index contributed by atoms with van der Waals surface area (Å²) in [6.07, 6.45) is 5.57. The predicted molar refractivity (Wildman–Crippen MR) is 79.0 cm³/mol. The van der Waals surface area contributed by atoms with E-state index in [4.69, 9.17) is 11.6 Å². The Labute approximate surface area is 116 Å². The van der Waals surface area contributed by atoms with Crippen LogP contribution in [0.1, 0.15) is 51.1 Å². The molecule has 0 spiro atoms. The molecule has 1 N–H and O–H groups in total. The molecule has 1 fully saturated rings. The van der Waals surface area contributed by atoms with Crippen molar-refractivity contribution in [1.82, 2.24) is 5.32 Å². The van der Waals surface area contributed by atoms with Gasteiger partial charge in [-0.15, -0.1) is 0 Å². The average molecular weight is 266 g/mol. The van der Waals surface area contributed by atoms with Gasteiger partial charge in [0.15, 0.2) is 0 Å². The molecule has 0 heterocycles. The van der Waals surface area contributed by atoms with Gasteiger partial charge in [0, 0.05) is 11.1 Å². The number of hydrogen-bond acceptors (Lipinski definition) is 1. The molecule has 1 aliphatic rings. The Morgan fingerprint density at radius 2 is 2.00 bits per heavy atom. The zero-order valence-electron chi connectivity index (χ0n) is 11.5. The summed E-state index contributed by atoms with van der Waals surface area (Å²) in [5, 5.41) is 4.48. The lowest BCUT2D eigenvalue weighted by Gasteiger charge is -2.27. The summed E-state index contributed by atoms with van der Waals surface area (Å²) in [7, 11) is 0. The van der Waals surface area contributed by atoms with E-state index in [2.05, 4.69) is 31.3 Å². The van der Waals surface area contributed by atoms with Gasteiger partial charge in [-0.3, -0.25) is 0 Å². The van der Waals surface area contributed by atoms with Gasteiger partial charge < -0.3 is 5.32 Å². The van der Waals surface area contributed by atoms with E-state index < -0.39 is 0 Å². The van der Waals surface area contributed by atoms with Crippen LogP contribution in [0.5, 0.6) is 0 Å². The Morgan fingerprint density at radius 3 is 2.67 bits per heavy atom. The minimum atomic E-state index is 0.392. The molecule has 0 saturated heterocycles. The minimum Gasteiger partial charge on any atom is -0.310 e. The maximum Gasteiger partial charge on any atom is 0.0409 e. The average Bonchev–Trinajstić information content (AvgIpc) is 2.38. The third-order valence-corrected chi connectivity index (χ3v) is 4.43. The number of halogens is 1. The quantitative estimate of drug-likeness (QED) is 0.823. The maximum atomic E-state index is 6.03. The monoisotopic (exact) mass is 265 g/mol. The van der Waals surface area contributed by atoms with Crippen LogP contribution in [0.3, 0.4) is 0 Å². The standard InChI is InChI=1S/C16H24ClN/c1-12-6-8-14(9-7-12)11-18-13(2)15-4-3-5-16(17)10-15/h3-5,10,12-14,18H,6-9,11H2,1-2H3. The molecule has 2 heteroatoms. The number of nitrogens with one attached hydrogen (secondary N) is 1. The van der Waals surface area contributed by atoms with Gasteiger partial charge in [0.05, 0.1) is 0 Å². The van der Waals surface area contributed by atoms with Crippen LogP contribution in [0.2, 0.25) is 5.02 Å². The molecule has 1 atom stereocenters. The Hall–Kier alpha value is -0.530. The predicted octanol–water partition coefficient (Wildman–Crippen LogP) is 4.82. The SMILES string of the molecule is CC1CCC(CNC(C)c2cccc(Cl)c2)CC1. The fourth-order valence-corrected chi connectivity index (χ4v) is 2.97. The summed E-state index contributed by atoms with van der Waals surface area (Å²) in [4.78, 5) is 0. The normalized spacial score (nSPS) is 25.9. The van der Waals surface area contributed by atoms with Crippen molar-refractivity contribution in [3.05, 3.63) is 34.9 Å². The summed E-state index contributed by atoms with van der Waals surface area (Å²) in [6.45, 7) is 5.73. The Bertz CT molecular complexity index is 369. The molecule has 18 heavy (non-hydrogen) atoms. The second-order valence-electron chi connectivity index (χ2n) is 5.81. The van der Waals surface area contributed by atoms with Gasteiger partial charge in [0.2, 0.25) is 0 Å². The van der Waals surface area contributed by atoms with Gasteiger partial charge in [-0.1, -0.05) is 43.5 Å². The molecule has 1 aromatic rings. The number of hydrogen-bond donors (Lipinski definition) is 1. The first-order valence-corrected chi connectivity index (χ1v) is 7.52. The number of rotatable bonds is 4. The Balaban J connectivity index is 1.79. The molecule has 0 aromatic heterocycles. The van der Waals surface area contributed by atoms with Crippen molar-refractivity contribution in [2.45, 2.75) is 45.6 Å². The fraction of sp³-hybridized carbons (Fsp3) is 0.625. The third-order valence-electron chi connectivity index (χ3n) is 4.20. The molecular formula is C16H24ClN. The second kappa shape index (κ2) is 6.58. The van der Waals surface area contributed by atoms with E-state index in [-0.39, 0.29) is 0 Å². The Kier molecular flexibility index (Phi) is 5.08. The highest BCUT2D eigenvalue weighted by Gasteiger charge is 2.18. The molecular weight excluding hydrogens is 242 g/mol. The van der Waals surface area contributed by atoms with Crippen LogP contribution in [0.15, 0.2) is 24.3 Å². The van der Waals surface area contributed by atoms with E-state index in [1.807, 2.05) is 12.1 Å². The van der Waals surface area contributed by atoms with E-state index in [9.17, 15) is 0 Å². The van der Waals surface area contributed by atoms with E-state index >= 15 is 0 Å². The van der Waals surface area contributed by atoms with E-state index in [1.165, 1.54) is 31.2 Å². The highest BCUT2D eigenvalue weighted by Crippen LogP contribution is 2.28. The number of benzene rings is 1. The summed E-state index contributed by atoms with van der Waals surface area (Å²) >= 11 is 6.03. The van der Waals surface area contributed by atoms with Crippen LogP contribution in [-0.4, -0.2) is 6.54 Å². The summed E-state index contributed by atoms with van der Waals surface area (Å²) in [5.74, 6) is 1.80. The summed E-state index contributed by atoms with van der Waals surface area (Å²) in [5.41, 5.74) is 1.28. The van der Waals surface area contributed by atoms with Gasteiger partial charge in [0.1, 0.15) is 0 Å². The molecule has 1 aliphatic carbocycles. The van der Waals surface area contributed by atoms with Crippen LogP contribution in [0.4, 0.5) is 0 Å². The molecule has 0 aliphatic heterocycles. The van der Waals surface area contributed by atoms with Crippen molar-refractivity contribution < 1.29 is 0 Å². The van der Waals surface area contributed by atoms with Crippen molar-refractivity contribution in [2.24, 2.45) is 11.8 Å². The summed E-state index contributed by atoms with van der Waals surface area (Å²) < 4.78 is 0. The Morgan fingerprint density at radius 1 is 1.28 bits per heavy atom. The third kappa shape index (κ3) is 4.00. The molecule has 100 valence electrons. The van der Waals surface area contributed by atoms with Crippen molar-refractivity contribution in [1.29, 1.82) is 0 Å². The lowest BCUT2D eigenvalue weighted by atomic mass is 9.83. The first kappa shape index (κ1) is 13.9. The molecule has 2 rings (SSSR count). The highest BCUT2D eigenvalue weighted by atomic mass is 35.5. The molecule has 0 bridgehead atoms. The van der Waals surface area contributed by atoms with Crippen LogP contribution >= 0.6 is 11.6 Å². The van der Waals surface area contributed by atoms with Gasteiger partial charge in [-0.2, -0.15) is 0 Å². The lowest BCUT2D eigenvalue weighted by Crippen LogP contribution is -2.28. The van der Waals surface area contributed by atoms with Gasteiger partial charge in [0.25, 0.3) is 0 Å². The second-order valence-corrected chi connectivity index (χ2v) is 6.25. The topological polar surface area (TPSA) is 12.0 Å². The van der Waals surface area contributed by atoms with Crippen LogP contribution in [-0.2, 0) is 0 Å². The van der Waals surface area contributed by atoms with Crippen LogP contribution in [0, 0.1) is 11.8 Å². The zero-order chi connectivity index (χ0) is 13.0. The molecule has 1 aromatic carbocycles. The fourth-order valence-electron chi connectivity index (χ4n) is 2.77. The zero-order valence-corrected chi connectivity index (χ0v) is 12.2. The van der Waals surface area contributed by atoms with E-state index in [0.29, 0.717) is 6.04 Å². The van der Waals surface area contributed by atoms with Gasteiger partial charge in [-0.05, 0) is 55.8 Å². The van der Waals surface area contributed by atoms with Crippen molar-refractivity contribution >= 4 is 11.6 Å². The molecule has 0 amide bonds. The molecule has 0 radical (unpaired) electrons. The molecule has 1 nitrogen and oxygen atoms in total. The van der Waals surface area contributed by atoms with Crippen molar-refractivity contribution in [3.8, 4) is 0 Å². The first-order valence-electron chi connectivity index (χ1n) is 7.14. The highest BCUT2D eigenvalue weighted by molar-refractivity contribution is 6.30. The van der Waals surface area contributed by atoms with Crippen molar-refractivity contribution in [2.75, 3.05) is 6.54 Å². The summed E-state index contributed by atoms with van der Waals surface area (Å²) in [6, 6.07) is 8.55. The van der Waals surface area contributed by atoms with Crippen LogP contribution < -0.4 is 5.32 Å². The lowest BCUT2D eigenvalue weighted by molar-refractivity contribution is 0.276. The van der Waals surface area contributed by atoms with Crippen molar-refractivity contribution in [3.63, 3.8) is 0 Å². The van der Waals surface area contributed by atoms with Gasteiger partial charge >= 0.3 is 0 Å². The van der Waals surface area contributed by atoms with Crippen LogP contribution in [0.25, 0.3) is 0 Å². The molecule has 1 saturated carbocycles. The largest absolute Gasteiger partial charge is 0.310 e. The van der Waals surface area contributed by atoms with E-state index in [1.54, 1.807) is 0 Å².